The van der Waals surface area contributed by atoms with E-state index in [1.807, 2.05) is 25.9 Å². The highest BCUT2D eigenvalue weighted by atomic mass is 19.1. The third-order valence-corrected chi connectivity index (χ3v) is 7.46. The van der Waals surface area contributed by atoms with Crippen LogP contribution < -0.4 is 10.6 Å². The summed E-state index contributed by atoms with van der Waals surface area (Å²) in [6, 6.07) is 3.70. The molecular formula is C29H36FN5O3. The molecule has 1 aromatic carbocycles. The standard InChI is InChI=1S/C29H36FN5O3/c1-17-21-10-8-19(16-31-28(37)18(2)35(5)27(36)7-6-12-34(3)4)13-26(21)32-25(17)15-23-22-14-20(30)9-11-24(22)33-29(23)38/h6-7,9,11,14-15,18-19,32H,8,10,12-13,16H2,1-5H3,(H,31,37)(H,33,38)/b7-6+,23-15-/t18?,19-/m0/s1. The zero-order valence-electron chi connectivity index (χ0n) is 22.7. The Morgan fingerprint density at radius 3 is 2.76 bits per heavy atom. The van der Waals surface area contributed by atoms with Gasteiger partial charge in [0.25, 0.3) is 5.91 Å². The fourth-order valence-electron chi connectivity index (χ4n) is 4.98. The van der Waals surface area contributed by atoms with Crippen LogP contribution in [0.5, 0.6) is 0 Å². The summed E-state index contributed by atoms with van der Waals surface area (Å²) in [6.45, 7) is 4.93. The molecule has 1 aliphatic carbocycles. The van der Waals surface area contributed by atoms with Gasteiger partial charge in [0.05, 0.1) is 5.57 Å². The first-order valence-electron chi connectivity index (χ1n) is 12.9. The van der Waals surface area contributed by atoms with Crippen molar-refractivity contribution in [3.05, 3.63) is 64.2 Å². The Hall–Kier alpha value is -3.72. The second-order valence-electron chi connectivity index (χ2n) is 10.5. The monoisotopic (exact) mass is 521 g/mol. The maximum absolute atomic E-state index is 13.8. The second-order valence-corrected chi connectivity index (χ2v) is 10.5. The Kier molecular flexibility index (Phi) is 8.16. The molecule has 0 fully saturated rings. The van der Waals surface area contributed by atoms with Crippen LogP contribution in [0.1, 0.15) is 41.4 Å². The van der Waals surface area contributed by atoms with E-state index in [-0.39, 0.29) is 29.5 Å². The molecule has 0 bridgehead atoms. The number of H-pyrrole nitrogens is 1. The number of hydrogen-bond donors (Lipinski definition) is 3. The van der Waals surface area contributed by atoms with Gasteiger partial charge in [-0.1, -0.05) is 6.08 Å². The van der Waals surface area contributed by atoms with Crippen molar-refractivity contribution in [2.75, 3.05) is 39.5 Å². The highest BCUT2D eigenvalue weighted by molar-refractivity contribution is 6.34. The highest BCUT2D eigenvalue weighted by Gasteiger charge is 2.28. The van der Waals surface area contributed by atoms with E-state index in [1.165, 1.54) is 28.7 Å². The van der Waals surface area contributed by atoms with Crippen LogP contribution in [0.4, 0.5) is 10.1 Å². The largest absolute Gasteiger partial charge is 0.358 e. The molecular weight excluding hydrogens is 485 g/mol. The van der Waals surface area contributed by atoms with Crippen LogP contribution in [-0.4, -0.2) is 72.8 Å². The van der Waals surface area contributed by atoms with Crippen LogP contribution in [0.3, 0.4) is 0 Å². The van der Waals surface area contributed by atoms with Crippen LogP contribution in [0.15, 0.2) is 30.4 Å². The van der Waals surface area contributed by atoms with Crippen LogP contribution in [0.25, 0.3) is 11.6 Å². The fourth-order valence-corrected chi connectivity index (χ4v) is 4.98. The molecule has 4 rings (SSSR count). The minimum atomic E-state index is -0.582. The van der Waals surface area contributed by atoms with E-state index < -0.39 is 6.04 Å². The molecule has 38 heavy (non-hydrogen) atoms. The van der Waals surface area contributed by atoms with E-state index in [2.05, 4.69) is 15.6 Å². The first-order chi connectivity index (χ1) is 18.0. The summed E-state index contributed by atoms with van der Waals surface area (Å²) in [5, 5.41) is 5.81. The Morgan fingerprint density at radius 2 is 2.03 bits per heavy atom. The van der Waals surface area contributed by atoms with Crippen LogP contribution in [-0.2, 0) is 27.2 Å². The number of anilines is 1. The number of likely N-dealkylation sites (N-methyl/N-ethyl adjacent to an activating group) is 2. The van der Waals surface area contributed by atoms with Gasteiger partial charge in [0.15, 0.2) is 0 Å². The summed E-state index contributed by atoms with van der Waals surface area (Å²) in [5.74, 6) is -0.767. The first kappa shape index (κ1) is 27.3. The molecule has 3 N–H and O–H groups in total. The molecule has 0 radical (unpaired) electrons. The molecule has 0 saturated carbocycles. The summed E-state index contributed by atoms with van der Waals surface area (Å²) in [5.41, 5.74) is 5.88. The van der Waals surface area contributed by atoms with Crippen molar-refractivity contribution in [3.63, 3.8) is 0 Å². The number of fused-ring (bicyclic) bond motifs is 2. The van der Waals surface area contributed by atoms with Gasteiger partial charge < -0.3 is 25.4 Å². The maximum Gasteiger partial charge on any atom is 0.256 e. The van der Waals surface area contributed by atoms with Crippen molar-refractivity contribution in [2.24, 2.45) is 5.92 Å². The van der Waals surface area contributed by atoms with Crippen molar-refractivity contribution < 1.29 is 18.8 Å². The molecule has 1 aromatic heterocycles. The van der Waals surface area contributed by atoms with E-state index in [0.29, 0.717) is 29.9 Å². The third-order valence-electron chi connectivity index (χ3n) is 7.46. The number of hydrogen-bond acceptors (Lipinski definition) is 4. The fraction of sp³-hybridized carbons (Fsp3) is 0.414. The SMILES string of the molecule is Cc1c(/C=C2\C(=O)Nc3ccc(F)cc32)[nH]c2c1CC[C@H](CNC(=O)C(C)N(C)C(=O)/C=C/CN(C)C)C2. The van der Waals surface area contributed by atoms with Crippen molar-refractivity contribution in [2.45, 2.75) is 39.2 Å². The Morgan fingerprint density at radius 1 is 1.26 bits per heavy atom. The highest BCUT2D eigenvalue weighted by Crippen LogP contribution is 2.36. The molecule has 2 aliphatic rings. The summed E-state index contributed by atoms with van der Waals surface area (Å²) in [7, 11) is 5.48. The number of aromatic nitrogens is 1. The predicted molar refractivity (Wildman–Crippen MR) is 147 cm³/mol. The van der Waals surface area contributed by atoms with Crippen molar-refractivity contribution in [3.8, 4) is 0 Å². The lowest BCUT2D eigenvalue weighted by atomic mass is 9.86. The van der Waals surface area contributed by atoms with Crippen molar-refractivity contribution in [1.29, 1.82) is 0 Å². The number of nitrogens with zero attached hydrogens (tertiary/aromatic N) is 2. The zero-order valence-corrected chi connectivity index (χ0v) is 22.7. The minimum Gasteiger partial charge on any atom is -0.358 e. The van der Waals surface area contributed by atoms with Gasteiger partial charge in [-0.15, -0.1) is 0 Å². The Bertz CT molecular complexity index is 1310. The summed E-state index contributed by atoms with van der Waals surface area (Å²) in [4.78, 5) is 44.5. The number of rotatable bonds is 8. The normalized spacial score (nSPS) is 18.4. The van der Waals surface area contributed by atoms with E-state index >= 15 is 0 Å². The molecule has 202 valence electrons. The molecule has 1 unspecified atom stereocenters. The number of carbonyl (C=O) groups excluding carboxylic acids is 3. The smallest absolute Gasteiger partial charge is 0.256 e. The minimum absolute atomic E-state index is 0.182. The predicted octanol–water partition coefficient (Wildman–Crippen LogP) is 3.14. The molecule has 3 amide bonds. The molecule has 2 aromatic rings. The van der Waals surface area contributed by atoms with Crippen molar-refractivity contribution >= 4 is 35.1 Å². The molecule has 0 saturated heterocycles. The lowest BCUT2D eigenvalue weighted by Gasteiger charge is -2.26. The van der Waals surface area contributed by atoms with E-state index in [9.17, 15) is 18.8 Å². The summed E-state index contributed by atoms with van der Waals surface area (Å²) >= 11 is 0. The van der Waals surface area contributed by atoms with E-state index in [0.717, 1.165) is 36.2 Å². The van der Waals surface area contributed by atoms with Gasteiger partial charge in [0, 0.05) is 48.9 Å². The molecule has 8 nitrogen and oxygen atoms in total. The average molecular weight is 522 g/mol. The zero-order chi connectivity index (χ0) is 27.6. The van der Waals surface area contributed by atoms with Gasteiger partial charge in [0.2, 0.25) is 11.8 Å². The number of benzene rings is 1. The lowest BCUT2D eigenvalue weighted by molar-refractivity contribution is -0.135. The lowest BCUT2D eigenvalue weighted by Crippen LogP contribution is -2.46. The molecule has 2 heterocycles. The molecule has 9 heteroatoms. The number of nitrogens with one attached hydrogen (secondary N) is 3. The Balaban J connectivity index is 1.38. The van der Waals surface area contributed by atoms with Gasteiger partial charge >= 0.3 is 0 Å². The summed E-state index contributed by atoms with van der Waals surface area (Å²) < 4.78 is 13.8. The van der Waals surface area contributed by atoms with Gasteiger partial charge in [-0.05, 0) is 88.5 Å². The van der Waals surface area contributed by atoms with Gasteiger partial charge in [-0.3, -0.25) is 14.4 Å². The number of amides is 3. The molecule has 0 spiro atoms. The third kappa shape index (κ3) is 5.88. The van der Waals surface area contributed by atoms with Gasteiger partial charge in [-0.2, -0.15) is 0 Å². The molecule has 1 aliphatic heterocycles. The topological polar surface area (TPSA) is 97.5 Å². The van der Waals surface area contributed by atoms with Crippen LogP contribution in [0, 0.1) is 18.7 Å². The first-order valence-corrected chi connectivity index (χ1v) is 12.9. The number of carbonyl (C=O) groups is 3. The van der Waals surface area contributed by atoms with E-state index in [1.54, 1.807) is 32.2 Å². The maximum atomic E-state index is 13.8. The average Bonchev–Trinajstić information content (AvgIpc) is 3.36. The summed E-state index contributed by atoms with van der Waals surface area (Å²) in [6.07, 6.45) is 7.63. The number of aromatic amines is 1. The van der Waals surface area contributed by atoms with Gasteiger partial charge in [-0.25, -0.2) is 4.39 Å². The number of halogens is 1. The van der Waals surface area contributed by atoms with Crippen LogP contribution in [0.2, 0.25) is 0 Å². The Labute approximate surface area is 223 Å². The quantitative estimate of drug-likeness (QED) is 0.465. The molecule has 2 atom stereocenters. The van der Waals surface area contributed by atoms with Gasteiger partial charge in [0.1, 0.15) is 11.9 Å². The van der Waals surface area contributed by atoms with Crippen LogP contribution >= 0.6 is 0 Å². The van der Waals surface area contributed by atoms with Crippen molar-refractivity contribution in [1.82, 2.24) is 20.1 Å². The van der Waals surface area contributed by atoms with E-state index in [4.69, 9.17) is 0 Å². The second kappa shape index (κ2) is 11.3.